The van der Waals surface area contributed by atoms with E-state index in [4.69, 9.17) is 4.42 Å². The molecule has 0 aromatic carbocycles. The van der Waals surface area contributed by atoms with E-state index < -0.39 is 0 Å². The average molecular weight is 272 g/mol. The first-order valence-corrected chi connectivity index (χ1v) is 7.15. The van der Waals surface area contributed by atoms with Crippen LogP contribution < -0.4 is 5.32 Å². The summed E-state index contributed by atoms with van der Waals surface area (Å²) in [6, 6.07) is 6.60. The maximum atomic E-state index is 5.68. The van der Waals surface area contributed by atoms with Gasteiger partial charge in [-0.2, -0.15) is 0 Å². The van der Waals surface area contributed by atoms with Crippen LogP contribution in [0.2, 0.25) is 0 Å². The fourth-order valence-electron chi connectivity index (χ4n) is 2.91. The third-order valence-electron chi connectivity index (χ3n) is 3.71. The molecular weight excluding hydrogens is 248 g/mol. The van der Waals surface area contributed by atoms with Crippen molar-refractivity contribution in [2.45, 2.75) is 53.6 Å². The first-order valence-electron chi connectivity index (χ1n) is 7.15. The van der Waals surface area contributed by atoms with Crippen LogP contribution in [-0.2, 0) is 0 Å². The monoisotopic (exact) mass is 272 g/mol. The van der Waals surface area contributed by atoms with Gasteiger partial charge in [-0.15, -0.1) is 0 Å². The van der Waals surface area contributed by atoms with Gasteiger partial charge in [0.25, 0.3) is 0 Å². The highest BCUT2D eigenvalue weighted by Crippen LogP contribution is 2.25. The molecule has 2 aromatic heterocycles. The van der Waals surface area contributed by atoms with Gasteiger partial charge < -0.3 is 9.73 Å². The van der Waals surface area contributed by atoms with Crippen molar-refractivity contribution in [2.24, 2.45) is 0 Å². The van der Waals surface area contributed by atoms with Gasteiger partial charge in [0.05, 0.1) is 6.04 Å². The molecule has 2 rings (SSSR count). The predicted octanol–water partition coefficient (Wildman–Crippen LogP) is 4.32. The van der Waals surface area contributed by atoms with E-state index in [1.807, 2.05) is 26.0 Å². The summed E-state index contributed by atoms with van der Waals surface area (Å²) < 4.78 is 5.68. The van der Waals surface area contributed by atoms with Gasteiger partial charge in [-0.25, -0.2) is 0 Å². The number of nitrogens with one attached hydrogen (secondary N) is 1. The third-order valence-corrected chi connectivity index (χ3v) is 3.71. The van der Waals surface area contributed by atoms with E-state index in [9.17, 15) is 0 Å². The van der Waals surface area contributed by atoms with Crippen LogP contribution in [0.5, 0.6) is 0 Å². The van der Waals surface area contributed by atoms with Gasteiger partial charge in [0, 0.05) is 17.4 Å². The normalized spacial score (nSPS) is 14.3. The zero-order valence-corrected chi connectivity index (χ0v) is 13.2. The smallest absolute Gasteiger partial charge is 0.120 e. The molecule has 0 amide bonds. The van der Waals surface area contributed by atoms with Crippen LogP contribution in [0, 0.1) is 27.7 Å². The maximum Gasteiger partial charge on any atom is 0.120 e. The molecule has 2 atom stereocenters. The molecule has 0 bridgehead atoms. The lowest BCUT2D eigenvalue weighted by Gasteiger charge is -2.22. The second kappa shape index (κ2) is 5.80. The second-order valence-electron chi connectivity index (χ2n) is 5.64. The Morgan fingerprint density at radius 2 is 1.75 bits per heavy atom. The Hall–Kier alpha value is -1.61. The van der Waals surface area contributed by atoms with E-state index in [2.05, 4.69) is 44.1 Å². The van der Waals surface area contributed by atoms with Gasteiger partial charge in [0.1, 0.15) is 11.5 Å². The minimum atomic E-state index is 0.179. The minimum absolute atomic E-state index is 0.179. The van der Waals surface area contributed by atoms with Gasteiger partial charge in [0.15, 0.2) is 0 Å². The standard InChI is InChI=1S/C17H24N2O/c1-10-9-11(2)18-14(5)17(10)15(6)19-13(4)16-8-7-12(3)20-16/h7-9,13,15,19H,1-6H3. The van der Waals surface area contributed by atoms with Crippen LogP contribution in [0.4, 0.5) is 0 Å². The Balaban J connectivity index is 2.18. The van der Waals surface area contributed by atoms with Gasteiger partial charge >= 0.3 is 0 Å². The van der Waals surface area contributed by atoms with Crippen LogP contribution in [0.25, 0.3) is 0 Å². The SMILES string of the molecule is Cc1cc(C)c(C(C)NC(C)c2ccc(C)o2)c(C)n1. The molecule has 108 valence electrons. The van der Waals surface area contributed by atoms with Crippen molar-refractivity contribution in [3.8, 4) is 0 Å². The summed E-state index contributed by atoms with van der Waals surface area (Å²) >= 11 is 0. The van der Waals surface area contributed by atoms with E-state index in [-0.39, 0.29) is 12.1 Å². The molecule has 0 aliphatic rings. The van der Waals surface area contributed by atoms with Crippen molar-refractivity contribution in [2.75, 3.05) is 0 Å². The first kappa shape index (κ1) is 14.8. The van der Waals surface area contributed by atoms with Crippen molar-refractivity contribution in [3.05, 3.63) is 52.2 Å². The van der Waals surface area contributed by atoms with Crippen LogP contribution >= 0.6 is 0 Å². The number of aromatic nitrogens is 1. The lowest BCUT2D eigenvalue weighted by atomic mass is 9.99. The Morgan fingerprint density at radius 3 is 2.30 bits per heavy atom. The maximum absolute atomic E-state index is 5.68. The highest BCUT2D eigenvalue weighted by molar-refractivity contribution is 5.33. The fraction of sp³-hybridized carbons (Fsp3) is 0.471. The van der Waals surface area contributed by atoms with Gasteiger partial charge in [0.2, 0.25) is 0 Å². The second-order valence-corrected chi connectivity index (χ2v) is 5.64. The summed E-state index contributed by atoms with van der Waals surface area (Å²) in [4.78, 5) is 4.58. The molecule has 2 heterocycles. The Kier molecular flexibility index (Phi) is 4.29. The largest absolute Gasteiger partial charge is 0.465 e. The van der Waals surface area contributed by atoms with Crippen LogP contribution in [0.3, 0.4) is 0 Å². The van der Waals surface area contributed by atoms with E-state index in [0.717, 1.165) is 22.9 Å². The summed E-state index contributed by atoms with van der Waals surface area (Å²) in [5.41, 5.74) is 4.75. The van der Waals surface area contributed by atoms with Gasteiger partial charge in [-0.1, -0.05) is 0 Å². The first-order chi connectivity index (χ1) is 9.38. The molecule has 2 aromatic rings. The van der Waals surface area contributed by atoms with E-state index in [0.29, 0.717) is 0 Å². The molecule has 0 spiro atoms. The quantitative estimate of drug-likeness (QED) is 0.900. The number of hydrogen-bond donors (Lipinski definition) is 1. The summed E-state index contributed by atoms with van der Waals surface area (Å²) in [6.07, 6.45) is 0. The Bertz CT molecular complexity index is 578. The average Bonchev–Trinajstić information content (AvgIpc) is 2.74. The topological polar surface area (TPSA) is 38.1 Å². The number of rotatable bonds is 4. The van der Waals surface area contributed by atoms with Crippen LogP contribution in [-0.4, -0.2) is 4.98 Å². The molecule has 20 heavy (non-hydrogen) atoms. The van der Waals surface area contributed by atoms with Gasteiger partial charge in [-0.05, 0) is 70.9 Å². The zero-order chi connectivity index (χ0) is 14.9. The third kappa shape index (κ3) is 3.10. The lowest BCUT2D eigenvalue weighted by molar-refractivity contribution is 0.391. The molecule has 1 N–H and O–H groups in total. The van der Waals surface area contributed by atoms with E-state index in [1.54, 1.807) is 0 Å². The van der Waals surface area contributed by atoms with E-state index in [1.165, 1.54) is 11.1 Å². The summed E-state index contributed by atoms with van der Waals surface area (Å²) in [5.74, 6) is 1.93. The molecule has 0 saturated heterocycles. The predicted molar refractivity (Wildman–Crippen MR) is 81.9 cm³/mol. The molecule has 3 nitrogen and oxygen atoms in total. The van der Waals surface area contributed by atoms with Crippen molar-refractivity contribution in [3.63, 3.8) is 0 Å². The summed E-state index contributed by atoms with van der Waals surface area (Å²) in [6.45, 7) is 12.5. The minimum Gasteiger partial charge on any atom is -0.465 e. The number of furan rings is 1. The molecule has 0 aliphatic heterocycles. The highest BCUT2D eigenvalue weighted by Gasteiger charge is 2.17. The van der Waals surface area contributed by atoms with Crippen molar-refractivity contribution in [1.29, 1.82) is 0 Å². The molecule has 0 aliphatic carbocycles. The molecular formula is C17H24N2O. The molecule has 0 radical (unpaired) electrons. The molecule has 0 fully saturated rings. The van der Waals surface area contributed by atoms with E-state index >= 15 is 0 Å². The summed E-state index contributed by atoms with van der Waals surface area (Å²) in [5, 5.41) is 3.59. The van der Waals surface area contributed by atoms with Crippen molar-refractivity contribution in [1.82, 2.24) is 10.3 Å². The fourth-order valence-corrected chi connectivity index (χ4v) is 2.91. The molecule has 3 heteroatoms. The Labute approximate surface area is 121 Å². The Morgan fingerprint density at radius 1 is 1.05 bits per heavy atom. The van der Waals surface area contributed by atoms with Crippen molar-refractivity contribution < 1.29 is 4.42 Å². The number of nitrogens with zero attached hydrogens (tertiary/aromatic N) is 1. The van der Waals surface area contributed by atoms with Gasteiger partial charge in [-0.3, -0.25) is 4.98 Å². The van der Waals surface area contributed by atoms with Crippen LogP contribution in [0.1, 0.15) is 60.0 Å². The lowest BCUT2D eigenvalue weighted by Crippen LogP contribution is -2.24. The number of pyridine rings is 1. The number of aryl methyl sites for hydroxylation is 4. The van der Waals surface area contributed by atoms with Crippen molar-refractivity contribution >= 4 is 0 Å². The number of hydrogen-bond acceptors (Lipinski definition) is 3. The summed E-state index contributed by atoms with van der Waals surface area (Å²) in [7, 11) is 0. The molecule has 0 saturated carbocycles. The zero-order valence-electron chi connectivity index (χ0n) is 13.2. The van der Waals surface area contributed by atoms with Crippen LogP contribution in [0.15, 0.2) is 22.6 Å². The molecule has 2 unspecified atom stereocenters. The highest BCUT2D eigenvalue weighted by atomic mass is 16.3.